The first-order chi connectivity index (χ1) is 8.84. The molecule has 1 aliphatic rings. The van der Waals surface area contributed by atoms with Crippen LogP contribution in [-0.4, -0.2) is 31.7 Å². The Kier molecular flexibility index (Phi) is 3.46. The molecule has 0 aromatic heterocycles. The number of carbonyl (C=O) groups excluding carboxylic acids is 1. The lowest BCUT2D eigenvalue weighted by Crippen LogP contribution is -2.32. The second-order valence-electron chi connectivity index (χ2n) is 4.41. The van der Waals surface area contributed by atoms with Gasteiger partial charge in [-0.15, -0.1) is 0 Å². The summed E-state index contributed by atoms with van der Waals surface area (Å²) in [7, 11) is -4.04. The van der Waals surface area contributed by atoms with Crippen molar-refractivity contribution in [1.82, 2.24) is 4.31 Å². The maximum Gasteiger partial charge on any atom is 0.248 e. The Morgan fingerprint density at radius 2 is 2.11 bits per heavy atom. The van der Waals surface area contributed by atoms with Crippen LogP contribution in [0.5, 0.6) is 0 Å². The summed E-state index contributed by atoms with van der Waals surface area (Å²) in [5, 5.41) is 0. The van der Waals surface area contributed by atoms with Crippen LogP contribution in [0.15, 0.2) is 23.1 Å². The van der Waals surface area contributed by atoms with Gasteiger partial charge in [0.25, 0.3) is 0 Å². The van der Waals surface area contributed by atoms with Crippen molar-refractivity contribution in [2.45, 2.75) is 11.3 Å². The second kappa shape index (κ2) is 4.78. The molecule has 1 unspecified atom stereocenters. The standard InChI is InChI=1S/C11H14FN3O3S/c12-8-2-1-3-9(13)10(8)19(17,18)15-5-4-7(6-15)11(14)16/h1-3,7H,4-6,13H2,(H2,14,16). The number of amides is 1. The van der Waals surface area contributed by atoms with Crippen LogP contribution in [-0.2, 0) is 14.8 Å². The maximum absolute atomic E-state index is 13.7. The number of nitrogen functional groups attached to an aromatic ring is 1. The van der Waals surface area contributed by atoms with Gasteiger partial charge >= 0.3 is 0 Å². The summed E-state index contributed by atoms with van der Waals surface area (Å²) < 4.78 is 39.3. The van der Waals surface area contributed by atoms with Gasteiger partial charge in [-0.25, -0.2) is 12.8 Å². The Labute approximate surface area is 110 Å². The summed E-state index contributed by atoms with van der Waals surface area (Å²) in [5.74, 6) is -2.00. The summed E-state index contributed by atoms with van der Waals surface area (Å²) in [4.78, 5) is 10.5. The number of anilines is 1. The molecule has 4 N–H and O–H groups in total. The molecule has 0 bridgehead atoms. The van der Waals surface area contributed by atoms with Gasteiger partial charge in [-0.1, -0.05) is 6.07 Å². The lowest BCUT2D eigenvalue weighted by Gasteiger charge is -2.17. The highest BCUT2D eigenvalue weighted by Gasteiger charge is 2.37. The minimum atomic E-state index is -4.04. The highest BCUT2D eigenvalue weighted by Crippen LogP contribution is 2.29. The number of nitrogens with zero attached hydrogens (tertiary/aromatic N) is 1. The maximum atomic E-state index is 13.7. The molecule has 104 valence electrons. The van der Waals surface area contributed by atoms with Gasteiger partial charge in [-0.05, 0) is 18.6 Å². The molecule has 0 spiro atoms. The lowest BCUT2D eigenvalue weighted by atomic mass is 10.1. The largest absolute Gasteiger partial charge is 0.398 e. The summed E-state index contributed by atoms with van der Waals surface area (Å²) in [6.45, 7) is 0.0924. The molecule has 1 atom stereocenters. The number of primary amides is 1. The fourth-order valence-corrected chi connectivity index (χ4v) is 3.77. The lowest BCUT2D eigenvalue weighted by molar-refractivity contribution is -0.121. The van der Waals surface area contributed by atoms with E-state index < -0.39 is 32.6 Å². The molecule has 0 aliphatic carbocycles. The SMILES string of the molecule is NC(=O)C1CCN(S(=O)(=O)c2c(N)cccc2F)C1. The Balaban J connectivity index is 2.37. The molecule has 2 rings (SSSR count). The first-order valence-electron chi connectivity index (χ1n) is 5.67. The van der Waals surface area contributed by atoms with Crippen LogP contribution in [0.3, 0.4) is 0 Å². The third-order valence-electron chi connectivity index (χ3n) is 3.15. The van der Waals surface area contributed by atoms with Gasteiger partial charge in [0.1, 0.15) is 10.7 Å². The number of carbonyl (C=O) groups is 1. The van der Waals surface area contributed by atoms with E-state index >= 15 is 0 Å². The van der Waals surface area contributed by atoms with Gasteiger partial charge < -0.3 is 11.5 Å². The van der Waals surface area contributed by atoms with E-state index in [-0.39, 0.29) is 18.8 Å². The highest BCUT2D eigenvalue weighted by atomic mass is 32.2. The summed E-state index contributed by atoms with van der Waals surface area (Å²) in [5.41, 5.74) is 10.5. The van der Waals surface area contributed by atoms with Crippen molar-refractivity contribution in [3.8, 4) is 0 Å². The zero-order chi connectivity index (χ0) is 14.2. The van der Waals surface area contributed by atoms with Crippen molar-refractivity contribution >= 4 is 21.6 Å². The molecule has 8 heteroatoms. The molecule has 1 saturated heterocycles. The van der Waals surface area contributed by atoms with Gasteiger partial charge in [0.15, 0.2) is 0 Å². The predicted molar refractivity (Wildman–Crippen MR) is 66.9 cm³/mol. The van der Waals surface area contributed by atoms with Gasteiger partial charge in [0.2, 0.25) is 15.9 Å². The van der Waals surface area contributed by atoms with Crippen LogP contribution in [0.1, 0.15) is 6.42 Å². The molecule has 0 radical (unpaired) electrons. The van der Waals surface area contributed by atoms with Gasteiger partial charge in [-0.3, -0.25) is 4.79 Å². The number of hydrogen-bond acceptors (Lipinski definition) is 4. The van der Waals surface area contributed by atoms with Crippen molar-refractivity contribution < 1.29 is 17.6 Å². The Morgan fingerprint density at radius 3 is 2.63 bits per heavy atom. The van der Waals surface area contributed by atoms with Crippen LogP contribution in [0.4, 0.5) is 10.1 Å². The first-order valence-corrected chi connectivity index (χ1v) is 7.11. The van der Waals surface area contributed by atoms with E-state index in [2.05, 4.69) is 0 Å². The predicted octanol–water partition coefficient (Wildman–Crippen LogP) is -0.0962. The van der Waals surface area contributed by atoms with Crippen molar-refractivity contribution in [3.63, 3.8) is 0 Å². The van der Waals surface area contributed by atoms with E-state index in [1.807, 2.05) is 0 Å². The quantitative estimate of drug-likeness (QED) is 0.757. The molecule has 1 aromatic carbocycles. The molecular formula is C11H14FN3O3S. The van der Waals surface area contributed by atoms with Gasteiger partial charge in [-0.2, -0.15) is 4.31 Å². The van der Waals surface area contributed by atoms with E-state index in [1.165, 1.54) is 12.1 Å². The van der Waals surface area contributed by atoms with Crippen molar-refractivity contribution in [1.29, 1.82) is 0 Å². The van der Waals surface area contributed by atoms with Crippen LogP contribution in [0, 0.1) is 11.7 Å². The number of benzene rings is 1. The highest BCUT2D eigenvalue weighted by molar-refractivity contribution is 7.89. The Bertz CT molecular complexity index is 597. The fourth-order valence-electron chi connectivity index (χ4n) is 2.11. The minimum absolute atomic E-state index is 0.0363. The average molecular weight is 287 g/mol. The molecule has 1 aliphatic heterocycles. The van der Waals surface area contributed by atoms with E-state index in [9.17, 15) is 17.6 Å². The molecule has 1 amide bonds. The number of nitrogens with two attached hydrogens (primary N) is 2. The molecule has 1 fully saturated rings. The number of hydrogen-bond donors (Lipinski definition) is 2. The monoisotopic (exact) mass is 287 g/mol. The zero-order valence-electron chi connectivity index (χ0n) is 10.0. The number of halogens is 1. The second-order valence-corrected chi connectivity index (χ2v) is 6.28. The third-order valence-corrected chi connectivity index (χ3v) is 5.11. The summed E-state index contributed by atoms with van der Waals surface area (Å²) >= 11 is 0. The van der Waals surface area contributed by atoms with Crippen LogP contribution >= 0.6 is 0 Å². The fraction of sp³-hybridized carbons (Fsp3) is 0.364. The van der Waals surface area contributed by atoms with E-state index in [0.29, 0.717) is 6.42 Å². The normalized spacial score (nSPS) is 20.6. The Morgan fingerprint density at radius 1 is 1.42 bits per heavy atom. The first kappa shape index (κ1) is 13.8. The van der Waals surface area contributed by atoms with E-state index in [0.717, 1.165) is 10.4 Å². The van der Waals surface area contributed by atoms with Gasteiger partial charge in [0.05, 0.1) is 11.6 Å². The molecule has 19 heavy (non-hydrogen) atoms. The minimum Gasteiger partial charge on any atom is -0.398 e. The molecule has 1 aromatic rings. The molecular weight excluding hydrogens is 273 g/mol. The van der Waals surface area contributed by atoms with Crippen LogP contribution in [0.2, 0.25) is 0 Å². The smallest absolute Gasteiger partial charge is 0.248 e. The van der Waals surface area contributed by atoms with Crippen molar-refractivity contribution in [3.05, 3.63) is 24.0 Å². The topological polar surface area (TPSA) is 106 Å². The molecule has 1 heterocycles. The van der Waals surface area contributed by atoms with Crippen molar-refractivity contribution in [2.75, 3.05) is 18.8 Å². The Hall–Kier alpha value is -1.67. The number of sulfonamides is 1. The van der Waals surface area contributed by atoms with Crippen molar-refractivity contribution in [2.24, 2.45) is 11.7 Å². The average Bonchev–Trinajstić information content (AvgIpc) is 2.78. The summed E-state index contributed by atoms with van der Waals surface area (Å²) in [6.07, 6.45) is 0.336. The number of rotatable bonds is 3. The zero-order valence-corrected chi connectivity index (χ0v) is 10.9. The molecule has 6 nitrogen and oxygen atoms in total. The van der Waals surface area contributed by atoms with Gasteiger partial charge in [0, 0.05) is 13.1 Å². The van der Waals surface area contributed by atoms with Crippen LogP contribution < -0.4 is 11.5 Å². The third kappa shape index (κ3) is 2.41. The summed E-state index contributed by atoms with van der Waals surface area (Å²) in [6, 6.07) is 3.68. The molecule has 0 saturated carbocycles. The van der Waals surface area contributed by atoms with E-state index in [4.69, 9.17) is 11.5 Å². The van der Waals surface area contributed by atoms with E-state index in [1.54, 1.807) is 0 Å². The van der Waals surface area contributed by atoms with Crippen LogP contribution in [0.25, 0.3) is 0 Å².